The van der Waals surface area contributed by atoms with Crippen LogP contribution in [0.3, 0.4) is 0 Å². The van der Waals surface area contributed by atoms with E-state index in [0.717, 1.165) is 37.2 Å². The predicted octanol–water partition coefficient (Wildman–Crippen LogP) is 4.27. The van der Waals surface area contributed by atoms with Crippen LogP contribution in [-0.2, 0) is 37.3 Å². The van der Waals surface area contributed by atoms with E-state index < -0.39 is 24.1 Å². The lowest BCUT2D eigenvalue weighted by molar-refractivity contribution is -0.187. The first-order chi connectivity index (χ1) is 21.3. The van der Waals surface area contributed by atoms with Gasteiger partial charge in [-0.1, -0.05) is 6.07 Å². The van der Waals surface area contributed by atoms with Crippen LogP contribution in [0.5, 0.6) is 17.2 Å². The zero-order chi connectivity index (χ0) is 31.1. The Labute approximate surface area is 257 Å². The molecule has 0 bridgehead atoms. The third-order valence-corrected chi connectivity index (χ3v) is 9.88. The molecule has 6 rings (SSSR count). The number of methoxy groups -OCH3 is 4. The molecule has 3 aliphatic rings. The smallest absolute Gasteiger partial charge is 0.331 e. The highest BCUT2D eigenvalue weighted by atomic mass is 16.6. The molecule has 234 valence electrons. The number of phenolic OH excluding ortho intramolecular Hbond substituents is 1. The summed E-state index contributed by atoms with van der Waals surface area (Å²) in [6.07, 6.45) is 4.01. The largest absolute Gasteiger partial charge is 0.504 e. The average Bonchev–Trinajstić information content (AvgIpc) is 3.33. The average molecular weight is 605 g/mol. The lowest BCUT2D eigenvalue weighted by Gasteiger charge is -2.53. The van der Waals surface area contributed by atoms with Crippen molar-refractivity contribution in [2.45, 2.75) is 37.5 Å². The summed E-state index contributed by atoms with van der Waals surface area (Å²) < 4.78 is 30.2. The summed E-state index contributed by atoms with van der Waals surface area (Å²) in [5, 5.41) is 11.1. The van der Waals surface area contributed by atoms with E-state index in [1.165, 1.54) is 43.0 Å². The van der Waals surface area contributed by atoms with E-state index in [9.17, 15) is 14.7 Å². The molecule has 1 aliphatic carbocycles. The van der Waals surface area contributed by atoms with Gasteiger partial charge >= 0.3 is 11.9 Å². The van der Waals surface area contributed by atoms with E-state index in [-0.39, 0.29) is 29.6 Å². The zero-order valence-electron chi connectivity index (χ0n) is 25.8. The van der Waals surface area contributed by atoms with Crippen molar-refractivity contribution in [3.8, 4) is 17.2 Å². The Kier molecular flexibility index (Phi) is 8.30. The van der Waals surface area contributed by atoms with Gasteiger partial charge in [-0.25, -0.2) is 4.79 Å². The molecule has 1 saturated heterocycles. The number of hydrogen-bond acceptors (Lipinski definition) is 9. The maximum Gasteiger partial charge on any atom is 0.331 e. The van der Waals surface area contributed by atoms with Crippen LogP contribution in [0.4, 0.5) is 0 Å². The maximum atomic E-state index is 13.4. The molecule has 1 aromatic heterocycles. The zero-order valence-corrected chi connectivity index (χ0v) is 25.8. The summed E-state index contributed by atoms with van der Waals surface area (Å²) >= 11 is 0. The minimum absolute atomic E-state index is 0.00195. The quantitative estimate of drug-likeness (QED) is 0.313. The van der Waals surface area contributed by atoms with Crippen molar-refractivity contribution in [3.63, 3.8) is 0 Å². The summed E-state index contributed by atoms with van der Waals surface area (Å²) in [5.41, 5.74) is 4.47. The monoisotopic (exact) mass is 604 g/mol. The van der Waals surface area contributed by atoms with Crippen LogP contribution in [0.15, 0.2) is 42.5 Å². The molecule has 10 heteroatoms. The lowest BCUT2D eigenvalue weighted by Crippen LogP contribution is -2.58. The Morgan fingerprint density at radius 3 is 2.57 bits per heavy atom. The maximum absolute atomic E-state index is 13.4. The van der Waals surface area contributed by atoms with Gasteiger partial charge in [0.05, 0.1) is 38.8 Å². The summed E-state index contributed by atoms with van der Waals surface area (Å²) in [6, 6.07) is 11.2. The number of carbonyl (C=O) groups excluding carboxylic acids is 2. The Morgan fingerprint density at radius 1 is 1.02 bits per heavy atom. The first-order valence-corrected chi connectivity index (χ1v) is 15.0. The minimum atomic E-state index is -0.638. The Morgan fingerprint density at radius 2 is 1.84 bits per heavy atom. The van der Waals surface area contributed by atoms with E-state index >= 15 is 0 Å². The van der Waals surface area contributed by atoms with Gasteiger partial charge in [0.1, 0.15) is 18.0 Å². The molecule has 10 nitrogen and oxygen atoms in total. The number of benzene rings is 2. The Bertz CT molecular complexity index is 1600. The Balaban J connectivity index is 1.26. The van der Waals surface area contributed by atoms with Gasteiger partial charge in [0.2, 0.25) is 0 Å². The lowest BCUT2D eigenvalue weighted by atomic mass is 9.63. The highest BCUT2D eigenvalue weighted by Crippen LogP contribution is 2.51. The molecule has 0 radical (unpaired) electrons. The standard InChI is InChI=1S/C34H40N2O8/c1-35-25-16-21(40-2)8-9-22(25)23-12-13-36-18-20-15-29(44-30(38)11-7-19-6-10-27(37)28(14-19)41-3)33(42-4)31(34(39)43-5)24(20)17-26(36)32(23)35/h6-11,14,16,20,24,26,29,31,33,37H,12-13,15,17-18H2,1-5H3/b11-7+/t20-,24+,26-,29-,31+,33+/m1/s1. The number of phenols is 1. The third kappa shape index (κ3) is 5.20. The third-order valence-electron chi connectivity index (χ3n) is 9.88. The van der Waals surface area contributed by atoms with Gasteiger partial charge in [-0.15, -0.1) is 0 Å². The molecule has 2 fully saturated rings. The number of aromatic nitrogens is 1. The molecule has 6 atom stereocenters. The van der Waals surface area contributed by atoms with Crippen LogP contribution in [0, 0.1) is 17.8 Å². The molecule has 0 spiro atoms. The number of carbonyl (C=O) groups is 2. The van der Waals surface area contributed by atoms with Gasteiger partial charge in [0, 0.05) is 50.5 Å². The molecule has 3 aromatic rings. The summed E-state index contributed by atoms with van der Waals surface area (Å²) in [4.78, 5) is 28.9. The fourth-order valence-corrected chi connectivity index (χ4v) is 7.88. The molecular weight excluding hydrogens is 564 g/mol. The molecule has 0 amide bonds. The van der Waals surface area contributed by atoms with E-state index in [1.807, 2.05) is 6.07 Å². The molecule has 0 unspecified atom stereocenters. The normalized spacial score (nSPS) is 26.5. The van der Waals surface area contributed by atoms with Crippen molar-refractivity contribution in [2.75, 3.05) is 41.5 Å². The summed E-state index contributed by atoms with van der Waals surface area (Å²) in [6.45, 7) is 1.71. The Hall–Kier alpha value is -4.02. The number of hydrogen-bond donors (Lipinski definition) is 1. The van der Waals surface area contributed by atoms with E-state index in [1.54, 1.807) is 32.4 Å². The second-order valence-electron chi connectivity index (χ2n) is 12.0. The van der Waals surface area contributed by atoms with Gasteiger partial charge in [0.25, 0.3) is 0 Å². The highest BCUT2D eigenvalue weighted by molar-refractivity contribution is 5.88. The second-order valence-corrected chi connectivity index (χ2v) is 12.0. The fraction of sp³-hybridized carbons (Fsp3) is 0.471. The predicted molar refractivity (Wildman–Crippen MR) is 164 cm³/mol. The van der Waals surface area contributed by atoms with Gasteiger partial charge in [-0.2, -0.15) is 0 Å². The number of ether oxygens (including phenoxy) is 5. The molecule has 44 heavy (non-hydrogen) atoms. The number of esters is 2. The van der Waals surface area contributed by atoms with Gasteiger partial charge in [-0.05, 0) is 72.6 Å². The van der Waals surface area contributed by atoms with Crippen molar-refractivity contribution < 1.29 is 38.4 Å². The van der Waals surface area contributed by atoms with Crippen molar-refractivity contribution in [1.29, 1.82) is 0 Å². The van der Waals surface area contributed by atoms with Crippen molar-refractivity contribution >= 4 is 28.9 Å². The molecule has 2 aromatic carbocycles. The van der Waals surface area contributed by atoms with Gasteiger partial charge in [-0.3, -0.25) is 9.69 Å². The van der Waals surface area contributed by atoms with Crippen molar-refractivity contribution in [3.05, 3.63) is 59.3 Å². The van der Waals surface area contributed by atoms with Crippen LogP contribution in [0.2, 0.25) is 0 Å². The number of aryl methyl sites for hydroxylation is 1. The summed E-state index contributed by atoms with van der Waals surface area (Å²) in [7, 11) is 8.23. The van der Waals surface area contributed by atoms with E-state index in [4.69, 9.17) is 23.7 Å². The molecule has 1 N–H and O–H groups in total. The van der Waals surface area contributed by atoms with Crippen molar-refractivity contribution in [1.82, 2.24) is 9.47 Å². The van der Waals surface area contributed by atoms with E-state index in [2.05, 4.69) is 28.6 Å². The number of rotatable bonds is 7. The number of piperidine rings is 1. The van der Waals surface area contributed by atoms with Crippen LogP contribution >= 0.6 is 0 Å². The van der Waals surface area contributed by atoms with Crippen molar-refractivity contribution in [2.24, 2.45) is 24.8 Å². The number of nitrogens with zero attached hydrogens (tertiary/aromatic N) is 2. The molecule has 3 heterocycles. The summed E-state index contributed by atoms with van der Waals surface area (Å²) in [5.74, 6) is -0.171. The highest BCUT2D eigenvalue weighted by Gasteiger charge is 2.54. The van der Waals surface area contributed by atoms with Gasteiger partial charge < -0.3 is 33.4 Å². The molecular formula is C34H40N2O8. The van der Waals surface area contributed by atoms with Crippen LogP contribution < -0.4 is 9.47 Å². The molecule has 2 aliphatic heterocycles. The number of fused-ring (bicyclic) bond motifs is 6. The minimum Gasteiger partial charge on any atom is -0.504 e. The van der Waals surface area contributed by atoms with Crippen LogP contribution in [0.1, 0.15) is 35.7 Å². The first kappa shape index (κ1) is 30.0. The SMILES string of the molecule is COC(=O)[C@H]1[C@H]2C[C@@H]3c4c(c5ccc(OC)cc5n4C)CCN3C[C@H]2C[C@@H](OC(=O)/C=C/c2ccc(O)c(OC)c2)[C@@H]1OC. The fourth-order valence-electron chi connectivity index (χ4n) is 7.88. The first-order valence-electron chi connectivity index (χ1n) is 15.0. The molecule has 1 saturated carbocycles. The van der Waals surface area contributed by atoms with Gasteiger partial charge in [0.15, 0.2) is 11.5 Å². The second kappa shape index (κ2) is 12.2. The topological polar surface area (TPSA) is 109 Å². The number of aromatic hydroxyl groups is 1. The van der Waals surface area contributed by atoms with E-state index in [0.29, 0.717) is 17.7 Å². The van der Waals surface area contributed by atoms with Crippen LogP contribution in [0.25, 0.3) is 17.0 Å². The van der Waals surface area contributed by atoms with Crippen LogP contribution in [-0.4, -0.2) is 80.2 Å².